The van der Waals surface area contributed by atoms with Crippen LogP contribution in [0.2, 0.25) is 0 Å². The van der Waals surface area contributed by atoms with Gasteiger partial charge in [0.2, 0.25) is 11.7 Å². The van der Waals surface area contributed by atoms with Crippen LogP contribution in [0.5, 0.6) is 0 Å². The van der Waals surface area contributed by atoms with E-state index in [4.69, 9.17) is 0 Å². The molecule has 4 rings (SSSR count). The lowest BCUT2D eigenvalue weighted by atomic mass is 10.1. The van der Waals surface area contributed by atoms with Gasteiger partial charge in [-0.1, -0.05) is 50.7 Å². The topological polar surface area (TPSA) is 81.3 Å². The summed E-state index contributed by atoms with van der Waals surface area (Å²) in [4.78, 5) is 25.4. The van der Waals surface area contributed by atoms with Crippen LogP contribution in [0.15, 0.2) is 45.7 Å². The zero-order chi connectivity index (χ0) is 21.3. The van der Waals surface area contributed by atoms with Crippen LogP contribution in [0.1, 0.15) is 26.3 Å². The van der Waals surface area contributed by atoms with Crippen molar-refractivity contribution in [1.82, 2.24) is 19.2 Å². The number of carbonyl (C=O) groups is 1. The summed E-state index contributed by atoms with van der Waals surface area (Å²) in [6.07, 6.45) is 0.849. The summed E-state index contributed by atoms with van der Waals surface area (Å²) in [5.41, 5.74) is 2.67. The number of aryl methyl sites for hydroxylation is 1. The fourth-order valence-electron chi connectivity index (χ4n) is 3.39. The van der Waals surface area contributed by atoms with E-state index >= 15 is 0 Å². The van der Waals surface area contributed by atoms with Crippen LogP contribution in [-0.2, 0) is 17.8 Å². The largest absolute Gasteiger partial charge is 0.325 e. The third-order valence-corrected chi connectivity index (χ3v) is 6.56. The van der Waals surface area contributed by atoms with Gasteiger partial charge < -0.3 is 5.32 Å². The van der Waals surface area contributed by atoms with Crippen LogP contribution >= 0.6 is 23.1 Å². The van der Waals surface area contributed by atoms with Crippen LogP contribution in [0.4, 0.5) is 5.69 Å². The first-order valence-corrected chi connectivity index (χ1v) is 11.7. The van der Waals surface area contributed by atoms with Gasteiger partial charge in [0.25, 0.3) is 5.56 Å². The van der Waals surface area contributed by atoms with Gasteiger partial charge in [-0.2, -0.15) is 0 Å². The number of hydrogen-bond acceptors (Lipinski definition) is 6. The number of nitrogens with one attached hydrogen (secondary N) is 1. The third-order valence-electron chi connectivity index (χ3n) is 4.73. The van der Waals surface area contributed by atoms with Crippen molar-refractivity contribution in [2.24, 2.45) is 5.92 Å². The summed E-state index contributed by atoms with van der Waals surface area (Å²) in [6, 6.07) is 9.70. The van der Waals surface area contributed by atoms with Gasteiger partial charge in [-0.3, -0.25) is 18.6 Å². The molecular formula is C21H23N5O2S2. The first-order chi connectivity index (χ1) is 14.5. The van der Waals surface area contributed by atoms with E-state index in [0.29, 0.717) is 28.1 Å². The highest BCUT2D eigenvalue weighted by atomic mass is 32.2. The number of hydrogen-bond donors (Lipinski definition) is 1. The molecule has 4 aromatic rings. The molecule has 0 atom stereocenters. The van der Waals surface area contributed by atoms with Crippen molar-refractivity contribution < 1.29 is 4.79 Å². The highest BCUT2D eigenvalue weighted by Gasteiger charge is 2.19. The van der Waals surface area contributed by atoms with Gasteiger partial charge in [-0.05, 0) is 35.4 Å². The first-order valence-electron chi connectivity index (χ1n) is 9.85. The molecule has 0 aliphatic rings. The standard InChI is InChI=1S/C21H23N5O2S2/c1-4-14-7-5-6-8-15(14)22-17(27)12-30-21-24-23-20-25(11-13(2)3)19(28)18-16(26(20)21)9-10-29-18/h5-10,13H,4,11-12H2,1-3H3,(H,22,27). The van der Waals surface area contributed by atoms with Crippen LogP contribution in [0.3, 0.4) is 0 Å². The van der Waals surface area contributed by atoms with Crippen LogP contribution < -0.4 is 10.9 Å². The molecular weight excluding hydrogens is 418 g/mol. The lowest BCUT2D eigenvalue weighted by molar-refractivity contribution is -0.113. The maximum Gasteiger partial charge on any atom is 0.272 e. The number of anilines is 1. The lowest BCUT2D eigenvalue weighted by Gasteiger charge is -2.11. The van der Waals surface area contributed by atoms with Gasteiger partial charge in [0.15, 0.2) is 5.16 Å². The normalized spacial score (nSPS) is 11.6. The number of aromatic nitrogens is 4. The molecule has 156 valence electrons. The van der Waals surface area contributed by atoms with E-state index < -0.39 is 0 Å². The summed E-state index contributed by atoms with van der Waals surface area (Å²) in [5.74, 6) is 0.906. The van der Waals surface area contributed by atoms with Gasteiger partial charge in [-0.25, -0.2) is 0 Å². The van der Waals surface area contributed by atoms with Crippen molar-refractivity contribution in [3.05, 3.63) is 51.6 Å². The Morgan fingerprint density at radius 3 is 2.80 bits per heavy atom. The molecule has 0 saturated carbocycles. The predicted molar refractivity (Wildman–Crippen MR) is 123 cm³/mol. The van der Waals surface area contributed by atoms with Gasteiger partial charge in [0.05, 0.1) is 11.3 Å². The minimum Gasteiger partial charge on any atom is -0.325 e. The minimum absolute atomic E-state index is 0.0425. The van der Waals surface area contributed by atoms with Crippen molar-refractivity contribution >= 4 is 50.7 Å². The maximum absolute atomic E-state index is 12.9. The summed E-state index contributed by atoms with van der Waals surface area (Å²) in [6.45, 7) is 6.75. The van der Waals surface area contributed by atoms with Crippen LogP contribution in [0.25, 0.3) is 16.0 Å². The third kappa shape index (κ3) is 3.87. The molecule has 7 nitrogen and oxygen atoms in total. The fraction of sp³-hybridized carbons (Fsp3) is 0.333. The Morgan fingerprint density at radius 2 is 2.03 bits per heavy atom. The van der Waals surface area contributed by atoms with Crippen molar-refractivity contribution in [3.63, 3.8) is 0 Å². The Kier molecular flexibility index (Phi) is 5.92. The number of thioether (sulfide) groups is 1. The molecule has 0 aliphatic carbocycles. The maximum atomic E-state index is 12.9. The molecule has 0 bridgehead atoms. The molecule has 1 amide bonds. The molecule has 0 aliphatic heterocycles. The van der Waals surface area contributed by atoms with Gasteiger partial charge in [0, 0.05) is 12.2 Å². The smallest absolute Gasteiger partial charge is 0.272 e. The molecule has 0 unspecified atom stereocenters. The fourth-order valence-corrected chi connectivity index (χ4v) is 4.95. The van der Waals surface area contributed by atoms with Gasteiger partial charge >= 0.3 is 0 Å². The van der Waals surface area contributed by atoms with Crippen LogP contribution in [0, 0.1) is 5.92 Å². The van der Waals surface area contributed by atoms with E-state index in [0.717, 1.165) is 23.2 Å². The highest BCUT2D eigenvalue weighted by molar-refractivity contribution is 7.99. The lowest BCUT2D eigenvalue weighted by Crippen LogP contribution is -2.24. The first kappa shape index (κ1) is 20.6. The molecule has 1 N–H and O–H groups in total. The SMILES string of the molecule is CCc1ccccc1NC(=O)CSc1nnc2n(CC(C)C)c(=O)c3sccc3n12. The Morgan fingerprint density at radius 1 is 1.23 bits per heavy atom. The summed E-state index contributed by atoms with van der Waals surface area (Å²) in [5, 5.41) is 14.0. The minimum atomic E-state index is -0.102. The van der Waals surface area contributed by atoms with E-state index in [1.807, 2.05) is 40.1 Å². The Labute approximate surface area is 182 Å². The zero-order valence-electron chi connectivity index (χ0n) is 17.1. The number of fused-ring (bicyclic) bond motifs is 3. The second kappa shape index (κ2) is 8.61. The van der Waals surface area contributed by atoms with Gasteiger partial charge in [-0.15, -0.1) is 21.5 Å². The average Bonchev–Trinajstić information content (AvgIpc) is 3.36. The molecule has 3 heterocycles. The van der Waals surface area contributed by atoms with Crippen molar-refractivity contribution in [2.75, 3.05) is 11.1 Å². The zero-order valence-corrected chi connectivity index (χ0v) is 18.7. The summed E-state index contributed by atoms with van der Waals surface area (Å²) >= 11 is 2.73. The predicted octanol–water partition coefficient (Wildman–Crippen LogP) is 4.05. The average molecular weight is 442 g/mol. The molecule has 0 saturated heterocycles. The van der Waals surface area contributed by atoms with Gasteiger partial charge in [0.1, 0.15) is 4.70 Å². The molecule has 9 heteroatoms. The number of para-hydroxylation sites is 1. The molecule has 0 fully saturated rings. The quantitative estimate of drug-likeness (QED) is 0.438. The number of amides is 1. The number of benzene rings is 1. The van der Waals surface area contributed by atoms with Crippen molar-refractivity contribution in [2.45, 2.75) is 38.9 Å². The summed E-state index contributed by atoms with van der Waals surface area (Å²) < 4.78 is 4.23. The Hall–Kier alpha value is -2.65. The van der Waals surface area contributed by atoms with Crippen molar-refractivity contribution in [3.8, 4) is 0 Å². The molecule has 3 aromatic heterocycles. The van der Waals surface area contributed by atoms with E-state index in [2.05, 4.69) is 36.3 Å². The number of thiophene rings is 1. The molecule has 1 aromatic carbocycles. The van der Waals surface area contributed by atoms with Crippen LogP contribution in [-0.4, -0.2) is 30.8 Å². The van der Waals surface area contributed by atoms with E-state index in [9.17, 15) is 9.59 Å². The van der Waals surface area contributed by atoms with E-state index in [-0.39, 0.29) is 17.2 Å². The van der Waals surface area contributed by atoms with E-state index in [1.54, 1.807) is 4.57 Å². The Balaban J connectivity index is 1.63. The van der Waals surface area contributed by atoms with Crippen molar-refractivity contribution in [1.29, 1.82) is 0 Å². The number of rotatable bonds is 7. The molecule has 0 spiro atoms. The monoisotopic (exact) mass is 441 g/mol. The molecule has 30 heavy (non-hydrogen) atoms. The number of nitrogens with zero attached hydrogens (tertiary/aromatic N) is 4. The second-order valence-corrected chi connectivity index (χ2v) is 9.27. The Bertz CT molecular complexity index is 1270. The van der Waals surface area contributed by atoms with E-state index in [1.165, 1.54) is 23.1 Å². The second-order valence-electron chi connectivity index (χ2n) is 7.41. The highest BCUT2D eigenvalue weighted by Crippen LogP contribution is 2.25. The summed E-state index contributed by atoms with van der Waals surface area (Å²) in [7, 11) is 0. The number of carbonyl (C=O) groups excluding carboxylic acids is 1. The molecule has 0 radical (unpaired) electrons.